The van der Waals surface area contributed by atoms with Crippen LogP contribution in [0.2, 0.25) is 0 Å². The molecule has 0 spiro atoms. The molecule has 0 saturated carbocycles. The van der Waals surface area contributed by atoms with Crippen molar-refractivity contribution in [2.24, 2.45) is 0 Å². The van der Waals surface area contributed by atoms with Gasteiger partial charge in [0.05, 0.1) is 5.69 Å². The molecule has 0 aliphatic rings. The van der Waals surface area contributed by atoms with Crippen LogP contribution in [0, 0.1) is 0 Å². The largest absolute Gasteiger partial charge is 0.508 e. The number of nitrogens with zero attached hydrogens (tertiary/aromatic N) is 1. The fraction of sp³-hybridized carbons (Fsp3) is 0.250. The molecule has 3 rings (SSSR count). The van der Waals surface area contributed by atoms with Gasteiger partial charge < -0.3 is 5.11 Å². The van der Waals surface area contributed by atoms with Crippen LogP contribution in [0.1, 0.15) is 36.6 Å². The molecule has 2 heteroatoms. The number of aromatic hydroxyl groups is 1. The average molecular weight is 291 g/mol. The molecule has 0 bridgehead atoms. The molecule has 0 radical (unpaired) electrons. The van der Waals surface area contributed by atoms with Crippen molar-refractivity contribution < 1.29 is 5.11 Å². The molecule has 0 amide bonds. The molecular formula is C20H21NO. The Hall–Kier alpha value is -2.35. The Kier molecular flexibility index (Phi) is 4.38. The van der Waals surface area contributed by atoms with Crippen molar-refractivity contribution in [3.05, 3.63) is 71.5 Å². The molecule has 0 unspecified atom stereocenters. The number of phenols is 1. The van der Waals surface area contributed by atoms with Crippen LogP contribution in [-0.4, -0.2) is 10.1 Å². The zero-order valence-corrected chi connectivity index (χ0v) is 12.9. The van der Waals surface area contributed by atoms with Crippen LogP contribution in [0.3, 0.4) is 0 Å². The highest BCUT2D eigenvalue weighted by Crippen LogP contribution is 2.25. The van der Waals surface area contributed by atoms with Gasteiger partial charge in [-0.1, -0.05) is 49.7 Å². The normalized spacial score (nSPS) is 11.0. The number of hydrogen-bond acceptors (Lipinski definition) is 2. The van der Waals surface area contributed by atoms with Crippen molar-refractivity contribution in [2.75, 3.05) is 0 Å². The molecule has 2 nitrogen and oxygen atoms in total. The zero-order chi connectivity index (χ0) is 15.4. The maximum absolute atomic E-state index is 10.3. The van der Waals surface area contributed by atoms with Gasteiger partial charge in [0, 0.05) is 18.0 Å². The molecule has 112 valence electrons. The molecule has 0 atom stereocenters. The number of pyridine rings is 1. The molecule has 0 aliphatic heterocycles. The predicted molar refractivity (Wildman–Crippen MR) is 91.3 cm³/mol. The minimum absolute atomic E-state index is 0.378. The molecule has 1 heterocycles. The monoisotopic (exact) mass is 291 g/mol. The molecule has 3 aromatic rings. The Morgan fingerprint density at radius 2 is 1.91 bits per heavy atom. The highest BCUT2D eigenvalue weighted by atomic mass is 16.3. The molecule has 1 N–H and O–H groups in total. The molecule has 0 saturated heterocycles. The first-order chi connectivity index (χ1) is 10.8. The minimum Gasteiger partial charge on any atom is -0.508 e. The van der Waals surface area contributed by atoms with Crippen LogP contribution in [0.15, 0.2) is 54.7 Å². The van der Waals surface area contributed by atoms with E-state index in [-0.39, 0.29) is 0 Å². The molecule has 1 aromatic heterocycles. The number of hydrogen-bond donors (Lipinski definition) is 1. The average Bonchev–Trinajstić information content (AvgIpc) is 2.55. The predicted octanol–water partition coefficient (Wildman–Crippen LogP) is 4.87. The van der Waals surface area contributed by atoms with Gasteiger partial charge in [0.1, 0.15) is 5.75 Å². The summed E-state index contributed by atoms with van der Waals surface area (Å²) in [6.07, 6.45) is 5.84. The number of unbranched alkanes of at least 4 members (excludes halogenated alkanes) is 1. The lowest BCUT2D eigenvalue weighted by atomic mass is 10.00. The number of rotatable bonds is 5. The quantitative estimate of drug-likeness (QED) is 0.727. The van der Waals surface area contributed by atoms with Gasteiger partial charge in [-0.05, 0) is 41.5 Å². The van der Waals surface area contributed by atoms with Crippen molar-refractivity contribution in [1.82, 2.24) is 4.98 Å². The second-order valence-electron chi connectivity index (χ2n) is 5.72. The lowest BCUT2D eigenvalue weighted by Crippen LogP contribution is -1.95. The van der Waals surface area contributed by atoms with Crippen LogP contribution in [-0.2, 0) is 12.8 Å². The van der Waals surface area contributed by atoms with Crippen LogP contribution < -0.4 is 0 Å². The van der Waals surface area contributed by atoms with Crippen molar-refractivity contribution in [2.45, 2.75) is 32.6 Å². The third-order valence-electron chi connectivity index (χ3n) is 4.08. The van der Waals surface area contributed by atoms with E-state index >= 15 is 0 Å². The highest BCUT2D eigenvalue weighted by Gasteiger charge is 2.08. The Balaban J connectivity index is 1.89. The molecular weight excluding hydrogens is 270 g/mol. The summed E-state index contributed by atoms with van der Waals surface area (Å²) in [5.74, 6) is 0.378. The SMILES string of the molecule is CCCCc1ccc(Cc2nccc3ccccc23)c(O)c1. The third kappa shape index (κ3) is 3.11. The van der Waals surface area contributed by atoms with Crippen LogP contribution in [0.4, 0.5) is 0 Å². The maximum atomic E-state index is 10.3. The van der Waals surface area contributed by atoms with Crippen molar-refractivity contribution in [3.8, 4) is 5.75 Å². The molecule has 22 heavy (non-hydrogen) atoms. The van der Waals surface area contributed by atoms with E-state index in [0.717, 1.165) is 29.5 Å². The number of aromatic nitrogens is 1. The summed E-state index contributed by atoms with van der Waals surface area (Å²) in [5.41, 5.74) is 3.15. The number of phenolic OH excluding ortho intramolecular Hbond substituents is 1. The van der Waals surface area contributed by atoms with E-state index in [0.29, 0.717) is 12.2 Å². The van der Waals surface area contributed by atoms with Gasteiger partial charge in [-0.25, -0.2) is 0 Å². The number of aryl methyl sites for hydroxylation is 1. The van der Waals surface area contributed by atoms with Crippen LogP contribution in [0.5, 0.6) is 5.75 Å². The van der Waals surface area contributed by atoms with E-state index in [1.807, 2.05) is 36.5 Å². The van der Waals surface area contributed by atoms with Crippen molar-refractivity contribution >= 4 is 10.8 Å². The summed E-state index contributed by atoms with van der Waals surface area (Å²) in [5, 5.41) is 12.6. The van der Waals surface area contributed by atoms with Crippen molar-refractivity contribution in [1.29, 1.82) is 0 Å². The van der Waals surface area contributed by atoms with Crippen LogP contribution in [0.25, 0.3) is 10.8 Å². The third-order valence-corrected chi connectivity index (χ3v) is 4.08. The van der Waals surface area contributed by atoms with E-state index in [4.69, 9.17) is 0 Å². The van der Waals surface area contributed by atoms with Gasteiger partial charge >= 0.3 is 0 Å². The lowest BCUT2D eigenvalue weighted by molar-refractivity contribution is 0.468. The molecule has 0 aliphatic carbocycles. The highest BCUT2D eigenvalue weighted by molar-refractivity contribution is 5.84. The first kappa shape index (κ1) is 14.6. The van der Waals surface area contributed by atoms with Crippen molar-refractivity contribution in [3.63, 3.8) is 0 Å². The Bertz CT molecular complexity index is 774. The maximum Gasteiger partial charge on any atom is 0.119 e. The van der Waals surface area contributed by atoms with Crippen LogP contribution >= 0.6 is 0 Å². The zero-order valence-electron chi connectivity index (χ0n) is 12.9. The number of fused-ring (bicyclic) bond motifs is 1. The first-order valence-corrected chi connectivity index (χ1v) is 7.91. The van der Waals surface area contributed by atoms with E-state index in [1.165, 1.54) is 17.4 Å². The summed E-state index contributed by atoms with van der Waals surface area (Å²) in [7, 11) is 0. The fourth-order valence-corrected chi connectivity index (χ4v) is 2.80. The standard InChI is InChI=1S/C20H21NO/c1-2-3-6-15-9-10-17(20(22)13-15)14-19-18-8-5-4-7-16(18)11-12-21-19/h4-5,7-13,22H,2-3,6,14H2,1H3. The summed E-state index contributed by atoms with van der Waals surface area (Å²) in [4.78, 5) is 4.50. The summed E-state index contributed by atoms with van der Waals surface area (Å²) in [6.45, 7) is 2.18. The second-order valence-corrected chi connectivity index (χ2v) is 5.72. The van der Waals surface area contributed by atoms with Gasteiger partial charge in [0.25, 0.3) is 0 Å². The smallest absolute Gasteiger partial charge is 0.119 e. The van der Waals surface area contributed by atoms with Gasteiger partial charge in [0.15, 0.2) is 0 Å². The van der Waals surface area contributed by atoms with Gasteiger partial charge in [-0.15, -0.1) is 0 Å². The number of benzene rings is 2. The minimum atomic E-state index is 0.378. The first-order valence-electron chi connectivity index (χ1n) is 7.91. The van der Waals surface area contributed by atoms with Gasteiger partial charge in [0.2, 0.25) is 0 Å². The molecule has 0 fully saturated rings. The fourth-order valence-electron chi connectivity index (χ4n) is 2.80. The van der Waals surface area contributed by atoms with Gasteiger partial charge in [-0.3, -0.25) is 4.98 Å². The van der Waals surface area contributed by atoms with Gasteiger partial charge in [-0.2, -0.15) is 0 Å². The Labute approximate surface area is 131 Å². The summed E-state index contributed by atoms with van der Waals surface area (Å²) < 4.78 is 0. The Morgan fingerprint density at radius 1 is 1.05 bits per heavy atom. The van der Waals surface area contributed by atoms with E-state index in [2.05, 4.69) is 30.1 Å². The summed E-state index contributed by atoms with van der Waals surface area (Å²) >= 11 is 0. The lowest BCUT2D eigenvalue weighted by Gasteiger charge is -2.09. The topological polar surface area (TPSA) is 33.1 Å². The summed E-state index contributed by atoms with van der Waals surface area (Å²) in [6, 6.07) is 16.3. The Morgan fingerprint density at radius 3 is 2.73 bits per heavy atom. The second kappa shape index (κ2) is 6.61. The van der Waals surface area contributed by atoms with E-state index in [1.54, 1.807) is 0 Å². The molecule has 2 aromatic carbocycles. The van der Waals surface area contributed by atoms with E-state index < -0.39 is 0 Å². The van der Waals surface area contributed by atoms with E-state index in [9.17, 15) is 5.11 Å².